The first-order valence-corrected chi connectivity index (χ1v) is 8.97. The molecule has 0 aromatic carbocycles. The van der Waals surface area contributed by atoms with Crippen molar-refractivity contribution in [3.8, 4) is 0 Å². The van der Waals surface area contributed by atoms with Crippen molar-refractivity contribution in [1.82, 2.24) is 24.7 Å². The van der Waals surface area contributed by atoms with Crippen molar-refractivity contribution >= 4 is 11.9 Å². The highest BCUT2D eigenvalue weighted by molar-refractivity contribution is 5.85. The number of carbonyl (C=O) groups excluding carboxylic acids is 2. The van der Waals surface area contributed by atoms with Crippen LogP contribution in [-0.4, -0.2) is 43.6 Å². The lowest BCUT2D eigenvalue weighted by molar-refractivity contribution is -0.159. The first-order valence-electron chi connectivity index (χ1n) is 8.97. The summed E-state index contributed by atoms with van der Waals surface area (Å²) < 4.78 is 2.37. The molecule has 2 heterocycles. The molecule has 0 aliphatic rings. The van der Waals surface area contributed by atoms with Gasteiger partial charge in [0.1, 0.15) is 18.7 Å². The molecule has 0 saturated heterocycles. The lowest BCUT2D eigenvalue weighted by Gasteiger charge is -2.27. The Bertz CT molecular complexity index is 688. The zero-order valence-electron chi connectivity index (χ0n) is 15.5. The minimum absolute atomic E-state index is 0.442. The Morgan fingerprint density at radius 3 is 2.15 bits per heavy atom. The molecule has 10 nitrogen and oxygen atoms in total. The number of hydrogen-bond acceptors (Lipinski definition) is 8. The van der Waals surface area contributed by atoms with Gasteiger partial charge in [0, 0.05) is 12.4 Å². The smallest absolute Gasteiger partial charge is 0.335 e. The van der Waals surface area contributed by atoms with Crippen LogP contribution in [0.5, 0.6) is 0 Å². The van der Waals surface area contributed by atoms with Gasteiger partial charge in [-0.25, -0.2) is 19.6 Å². The van der Waals surface area contributed by atoms with Gasteiger partial charge < -0.3 is 15.4 Å². The average molecular weight is 378 g/mol. The van der Waals surface area contributed by atoms with Crippen LogP contribution in [0.15, 0.2) is 37.4 Å². The molecular weight excluding hydrogens is 352 g/mol. The summed E-state index contributed by atoms with van der Waals surface area (Å²) in [5.74, 6) is -1.98. The number of nitrogens with two attached hydrogens (primary N) is 1. The zero-order valence-corrected chi connectivity index (χ0v) is 15.5. The van der Waals surface area contributed by atoms with Gasteiger partial charge in [-0.1, -0.05) is 26.7 Å². The van der Waals surface area contributed by atoms with Crippen LogP contribution in [-0.2, 0) is 9.59 Å². The molecule has 0 amide bonds. The number of aromatic nitrogens is 4. The molecule has 27 heavy (non-hydrogen) atoms. The van der Waals surface area contributed by atoms with Crippen LogP contribution in [0.2, 0.25) is 0 Å². The highest BCUT2D eigenvalue weighted by Gasteiger charge is 2.37. The largest absolute Gasteiger partial charge is 0.350 e. The molecule has 0 bridgehead atoms. The third-order valence-electron chi connectivity index (χ3n) is 4.01. The molecule has 2 rings (SSSR count). The Kier molecular flexibility index (Phi) is 7.96. The second-order valence-electron chi connectivity index (χ2n) is 6.07. The Morgan fingerprint density at radius 2 is 1.67 bits per heavy atom. The van der Waals surface area contributed by atoms with Gasteiger partial charge in [-0.3, -0.25) is 5.32 Å². The zero-order chi connectivity index (χ0) is 19.6. The fourth-order valence-corrected chi connectivity index (χ4v) is 2.48. The van der Waals surface area contributed by atoms with E-state index >= 15 is 0 Å². The van der Waals surface area contributed by atoms with E-state index in [1.165, 1.54) is 46.9 Å². The number of hydrogen-bond donors (Lipinski definition) is 2. The average Bonchev–Trinajstić information content (AvgIpc) is 3.34. The summed E-state index contributed by atoms with van der Waals surface area (Å²) in [6.45, 7) is 3.88. The van der Waals surface area contributed by atoms with Crippen molar-refractivity contribution < 1.29 is 19.3 Å². The third kappa shape index (κ3) is 6.19. The summed E-state index contributed by atoms with van der Waals surface area (Å²) >= 11 is 0. The predicted molar refractivity (Wildman–Crippen MR) is 95.8 cm³/mol. The molecule has 0 saturated carbocycles. The Morgan fingerprint density at radius 1 is 1.07 bits per heavy atom. The Hall–Kier alpha value is -2.72. The quantitative estimate of drug-likeness (QED) is 0.529. The lowest BCUT2D eigenvalue weighted by atomic mass is 9.93. The number of unbranched alkanes of at least 4 members (excludes halogenated alkanes) is 1. The van der Waals surface area contributed by atoms with E-state index in [1.54, 1.807) is 0 Å². The SMILES string of the molecule is CCCCC(C(=O)On1ccnc1)[C@H](NC(N)CC)C(=O)On1ccnc1. The van der Waals surface area contributed by atoms with Gasteiger partial charge in [0.15, 0.2) is 0 Å². The van der Waals surface area contributed by atoms with Crippen LogP contribution >= 0.6 is 0 Å². The molecule has 0 spiro atoms. The fourth-order valence-electron chi connectivity index (χ4n) is 2.48. The Balaban J connectivity index is 2.20. The van der Waals surface area contributed by atoms with Crippen molar-refractivity contribution in [2.75, 3.05) is 0 Å². The summed E-state index contributed by atoms with van der Waals surface area (Å²) in [4.78, 5) is 43.8. The van der Waals surface area contributed by atoms with Crippen LogP contribution in [0.4, 0.5) is 0 Å². The monoisotopic (exact) mass is 378 g/mol. The van der Waals surface area contributed by atoms with E-state index in [0.29, 0.717) is 12.8 Å². The minimum Gasteiger partial charge on any atom is -0.335 e. The highest BCUT2D eigenvalue weighted by atomic mass is 16.7. The first kappa shape index (κ1) is 20.6. The number of carbonyl (C=O) groups is 2. The molecule has 10 heteroatoms. The molecule has 2 unspecified atom stereocenters. The van der Waals surface area contributed by atoms with Crippen LogP contribution in [0.25, 0.3) is 0 Å². The van der Waals surface area contributed by atoms with Crippen LogP contribution in [0, 0.1) is 5.92 Å². The van der Waals surface area contributed by atoms with E-state index in [1.807, 2.05) is 13.8 Å². The van der Waals surface area contributed by atoms with Gasteiger partial charge in [0.25, 0.3) is 0 Å². The molecule has 148 valence electrons. The van der Waals surface area contributed by atoms with Crippen molar-refractivity contribution in [3.05, 3.63) is 37.4 Å². The second kappa shape index (κ2) is 10.4. The van der Waals surface area contributed by atoms with Crippen molar-refractivity contribution in [3.63, 3.8) is 0 Å². The molecule has 2 aromatic rings. The minimum atomic E-state index is -0.968. The number of nitrogens with one attached hydrogen (secondary N) is 1. The molecule has 0 aliphatic carbocycles. The summed E-state index contributed by atoms with van der Waals surface area (Å²) in [6.07, 6.45) is 10.8. The molecule has 3 atom stereocenters. The standard InChI is InChI=1S/C17H26N6O4/c1-3-5-6-13(16(24)26-22-9-7-19-11-22)15(21-14(18)4-2)17(25)27-23-10-8-20-12-23/h7-15,21H,3-6,18H2,1-2H3/t13?,14?,15-/m0/s1. The molecule has 0 radical (unpaired) electrons. The molecule has 0 fully saturated rings. The van der Waals surface area contributed by atoms with E-state index < -0.39 is 30.1 Å². The third-order valence-corrected chi connectivity index (χ3v) is 4.01. The van der Waals surface area contributed by atoms with Gasteiger partial charge in [-0.2, -0.15) is 9.46 Å². The fraction of sp³-hybridized carbons (Fsp3) is 0.529. The molecule has 2 aromatic heterocycles. The van der Waals surface area contributed by atoms with Crippen LogP contribution < -0.4 is 20.7 Å². The summed E-state index contributed by atoms with van der Waals surface area (Å²) in [5.41, 5.74) is 5.98. The first-order chi connectivity index (χ1) is 13.0. The van der Waals surface area contributed by atoms with Gasteiger partial charge in [-0.15, -0.1) is 0 Å². The van der Waals surface area contributed by atoms with E-state index in [9.17, 15) is 9.59 Å². The lowest BCUT2D eigenvalue weighted by Crippen LogP contribution is -2.56. The maximum atomic E-state index is 12.8. The van der Waals surface area contributed by atoms with E-state index in [-0.39, 0.29) is 0 Å². The highest BCUT2D eigenvalue weighted by Crippen LogP contribution is 2.16. The normalized spacial score (nSPS) is 14.3. The molecular formula is C17H26N6O4. The van der Waals surface area contributed by atoms with E-state index in [0.717, 1.165) is 12.8 Å². The predicted octanol–water partition coefficient (Wildman–Crippen LogP) is 0.150. The van der Waals surface area contributed by atoms with Gasteiger partial charge in [0.2, 0.25) is 0 Å². The molecule has 3 N–H and O–H groups in total. The van der Waals surface area contributed by atoms with Crippen LogP contribution in [0.1, 0.15) is 39.5 Å². The summed E-state index contributed by atoms with van der Waals surface area (Å²) in [5, 5.41) is 2.99. The summed E-state index contributed by atoms with van der Waals surface area (Å²) in [7, 11) is 0. The Labute approximate surface area is 157 Å². The number of imidazole rings is 2. The maximum Gasteiger partial charge on any atom is 0.350 e. The van der Waals surface area contributed by atoms with Gasteiger partial charge in [-0.05, 0) is 12.8 Å². The topological polar surface area (TPSA) is 126 Å². The number of rotatable bonds is 11. The second-order valence-corrected chi connectivity index (χ2v) is 6.07. The van der Waals surface area contributed by atoms with E-state index in [2.05, 4.69) is 15.3 Å². The van der Waals surface area contributed by atoms with Gasteiger partial charge in [0.05, 0.1) is 24.5 Å². The van der Waals surface area contributed by atoms with Crippen molar-refractivity contribution in [2.24, 2.45) is 11.7 Å². The summed E-state index contributed by atoms with van der Waals surface area (Å²) in [6, 6.07) is -0.968. The van der Waals surface area contributed by atoms with Crippen molar-refractivity contribution in [2.45, 2.75) is 51.7 Å². The van der Waals surface area contributed by atoms with Gasteiger partial charge >= 0.3 is 11.9 Å². The molecule has 0 aliphatic heterocycles. The maximum absolute atomic E-state index is 12.8. The van der Waals surface area contributed by atoms with E-state index in [4.69, 9.17) is 15.4 Å². The number of nitrogens with zero attached hydrogens (tertiary/aromatic N) is 4. The van der Waals surface area contributed by atoms with Crippen LogP contribution in [0.3, 0.4) is 0 Å². The van der Waals surface area contributed by atoms with Crippen molar-refractivity contribution in [1.29, 1.82) is 0 Å².